The molecular formula is C10H5ClF3NO2S. The van der Waals surface area contributed by atoms with Gasteiger partial charge in [-0.3, -0.25) is 0 Å². The van der Waals surface area contributed by atoms with Crippen LogP contribution >= 0.6 is 23.4 Å². The van der Waals surface area contributed by atoms with E-state index in [1.165, 1.54) is 0 Å². The molecule has 0 unspecified atom stereocenters. The van der Waals surface area contributed by atoms with Crippen molar-refractivity contribution in [1.82, 2.24) is 0 Å². The molecule has 0 bridgehead atoms. The van der Waals surface area contributed by atoms with Crippen LogP contribution in [0, 0.1) is 11.3 Å². The van der Waals surface area contributed by atoms with Crippen LogP contribution in [0.4, 0.5) is 13.2 Å². The Kier molecular flexibility index (Phi) is 4.48. The molecule has 0 aliphatic carbocycles. The molecule has 1 rings (SSSR count). The zero-order chi connectivity index (χ0) is 13.9. The predicted octanol–water partition coefficient (Wildman–Crippen LogP) is 3.61. The standard InChI is InChI=1S/C10H5ClF3NO2S/c11-3-5-1-6(4-15)7(9(16)17)2-8(5)18-10(12,13)14/h1-2H,3H2,(H,16,17). The smallest absolute Gasteiger partial charge is 0.446 e. The molecule has 0 atom stereocenters. The van der Waals surface area contributed by atoms with Crippen LogP contribution in [0.15, 0.2) is 17.0 Å². The molecule has 1 aromatic rings. The minimum Gasteiger partial charge on any atom is -0.478 e. The highest BCUT2D eigenvalue weighted by atomic mass is 35.5. The van der Waals surface area contributed by atoms with E-state index in [1.807, 2.05) is 0 Å². The number of carboxylic acid groups (broad SMARTS) is 1. The maximum absolute atomic E-state index is 12.3. The number of thioether (sulfide) groups is 1. The summed E-state index contributed by atoms with van der Waals surface area (Å²) in [5.74, 6) is -1.70. The van der Waals surface area contributed by atoms with E-state index in [1.54, 1.807) is 6.07 Å². The Hall–Kier alpha value is -1.39. The molecule has 0 aromatic heterocycles. The van der Waals surface area contributed by atoms with Gasteiger partial charge in [-0.2, -0.15) is 18.4 Å². The average molecular weight is 296 g/mol. The molecule has 0 amide bonds. The minimum absolute atomic E-state index is 0.0699. The minimum atomic E-state index is -4.55. The van der Waals surface area contributed by atoms with E-state index in [9.17, 15) is 18.0 Å². The van der Waals surface area contributed by atoms with Gasteiger partial charge in [0.2, 0.25) is 0 Å². The van der Waals surface area contributed by atoms with Crippen LogP contribution in [0.5, 0.6) is 0 Å². The first kappa shape index (κ1) is 14.7. The molecule has 0 heterocycles. The number of benzene rings is 1. The fourth-order valence-corrected chi connectivity index (χ4v) is 2.21. The van der Waals surface area contributed by atoms with Crippen molar-refractivity contribution in [2.75, 3.05) is 0 Å². The Morgan fingerprint density at radius 2 is 2.11 bits per heavy atom. The van der Waals surface area contributed by atoms with Crippen LogP contribution in [-0.4, -0.2) is 16.6 Å². The van der Waals surface area contributed by atoms with Crippen molar-refractivity contribution in [3.05, 3.63) is 28.8 Å². The third-order valence-corrected chi connectivity index (χ3v) is 3.04. The van der Waals surface area contributed by atoms with Gasteiger partial charge in [0.25, 0.3) is 0 Å². The van der Waals surface area contributed by atoms with Crippen LogP contribution in [0.2, 0.25) is 0 Å². The SMILES string of the molecule is N#Cc1cc(CCl)c(SC(F)(F)F)cc1C(=O)O. The average Bonchev–Trinajstić information content (AvgIpc) is 2.26. The lowest BCUT2D eigenvalue weighted by atomic mass is 10.1. The Morgan fingerprint density at radius 3 is 2.50 bits per heavy atom. The third kappa shape index (κ3) is 3.55. The first-order chi connectivity index (χ1) is 8.28. The second kappa shape index (κ2) is 5.50. The van der Waals surface area contributed by atoms with Gasteiger partial charge in [0.15, 0.2) is 0 Å². The molecular weight excluding hydrogens is 291 g/mol. The highest BCUT2D eigenvalue weighted by Crippen LogP contribution is 2.40. The van der Waals surface area contributed by atoms with E-state index < -0.39 is 28.8 Å². The highest BCUT2D eigenvalue weighted by molar-refractivity contribution is 8.00. The molecule has 8 heteroatoms. The number of nitrogens with zero attached hydrogens (tertiary/aromatic N) is 1. The number of halogens is 4. The summed E-state index contributed by atoms with van der Waals surface area (Å²) in [6, 6.07) is 3.49. The maximum Gasteiger partial charge on any atom is 0.446 e. The van der Waals surface area contributed by atoms with Crippen molar-refractivity contribution in [3.8, 4) is 6.07 Å². The number of nitriles is 1. The number of aromatic carboxylic acids is 1. The molecule has 0 aliphatic heterocycles. The van der Waals surface area contributed by atoms with Gasteiger partial charge in [0.1, 0.15) is 6.07 Å². The summed E-state index contributed by atoms with van der Waals surface area (Å²) in [6.07, 6.45) is 0. The van der Waals surface area contributed by atoms with Crippen LogP contribution in [-0.2, 0) is 5.88 Å². The van der Waals surface area contributed by atoms with Gasteiger partial charge in [-0.1, -0.05) is 0 Å². The highest BCUT2D eigenvalue weighted by Gasteiger charge is 2.31. The number of carboxylic acids is 1. The first-order valence-corrected chi connectivity index (χ1v) is 5.75. The molecule has 3 nitrogen and oxygen atoms in total. The molecule has 0 fully saturated rings. The van der Waals surface area contributed by atoms with Gasteiger partial charge in [-0.25, -0.2) is 4.79 Å². The van der Waals surface area contributed by atoms with Crippen LogP contribution in [0.1, 0.15) is 21.5 Å². The summed E-state index contributed by atoms with van der Waals surface area (Å²) in [5.41, 5.74) is -5.17. The third-order valence-electron chi connectivity index (χ3n) is 1.92. The molecule has 0 aliphatic rings. The van der Waals surface area contributed by atoms with Gasteiger partial charge < -0.3 is 5.11 Å². The lowest BCUT2D eigenvalue weighted by molar-refractivity contribution is -0.0328. The summed E-state index contributed by atoms with van der Waals surface area (Å²) in [7, 11) is 0. The summed E-state index contributed by atoms with van der Waals surface area (Å²) >= 11 is 5.03. The van der Waals surface area contributed by atoms with E-state index in [0.717, 1.165) is 12.1 Å². The second-order valence-electron chi connectivity index (χ2n) is 3.10. The van der Waals surface area contributed by atoms with E-state index in [0.29, 0.717) is 0 Å². The zero-order valence-corrected chi connectivity index (χ0v) is 10.2. The fraction of sp³-hybridized carbons (Fsp3) is 0.200. The largest absolute Gasteiger partial charge is 0.478 e. The van der Waals surface area contributed by atoms with Crippen molar-refractivity contribution >= 4 is 29.3 Å². The summed E-state index contributed by atoms with van der Waals surface area (Å²) in [6.45, 7) is 0. The van der Waals surface area contributed by atoms with Gasteiger partial charge in [-0.05, 0) is 29.5 Å². The quantitative estimate of drug-likeness (QED) is 0.683. The van der Waals surface area contributed by atoms with Crippen LogP contribution in [0.25, 0.3) is 0 Å². The van der Waals surface area contributed by atoms with Crippen LogP contribution < -0.4 is 0 Å². The predicted molar refractivity (Wildman–Crippen MR) is 59.6 cm³/mol. The van der Waals surface area contributed by atoms with E-state index in [2.05, 4.69) is 0 Å². The van der Waals surface area contributed by atoms with Crippen LogP contribution in [0.3, 0.4) is 0 Å². The molecule has 1 aromatic carbocycles. The molecule has 18 heavy (non-hydrogen) atoms. The van der Waals surface area contributed by atoms with Gasteiger partial charge >= 0.3 is 11.5 Å². The summed E-state index contributed by atoms with van der Waals surface area (Å²) in [4.78, 5) is 10.5. The Morgan fingerprint density at radius 1 is 1.50 bits per heavy atom. The topological polar surface area (TPSA) is 61.1 Å². The lowest BCUT2D eigenvalue weighted by Crippen LogP contribution is -2.05. The van der Waals surface area contributed by atoms with Crippen molar-refractivity contribution < 1.29 is 23.1 Å². The number of hydrogen-bond donors (Lipinski definition) is 1. The molecule has 0 spiro atoms. The van der Waals surface area contributed by atoms with E-state index >= 15 is 0 Å². The molecule has 0 saturated carbocycles. The van der Waals surface area contributed by atoms with Crippen molar-refractivity contribution in [2.24, 2.45) is 0 Å². The molecule has 0 saturated heterocycles. The second-order valence-corrected chi connectivity index (χ2v) is 4.48. The summed E-state index contributed by atoms with van der Waals surface area (Å²) in [5, 5.41) is 17.5. The molecule has 96 valence electrons. The van der Waals surface area contributed by atoms with E-state index in [-0.39, 0.29) is 21.9 Å². The Bertz CT molecular complexity index is 525. The summed E-state index contributed by atoms with van der Waals surface area (Å²) < 4.78 is 36.8. The lowest BCUT2D eigenvalue weighted by Gasteiger charge is -2.11. The molecule has 1 N–H and O–H groups in total. The molecule has 0 radical (unpaired) electrons. The van der Waals surface area contributed by atoms with Gasteiger partial charge in [-0.15, -0.1) is 11.6 Å². The van der Waals surface area contributed by atoms with Gasteiger partial charge in [0.05, 0.1) is 11.1 Å². The number of hydrogen-bond acceptors (Lipinski definition) is 3. The first-order valence-electron chi connectivity index (χ1n) is 4.40. The number of carbonyl (C=O) groups is 1. The van der Waals surface area contributed by atoms with Crippen molar-refractivity contribution in [2.45, 2.75) is 16.3 Å². The zero-order valence-electron chi connectivity index (χ0n) is 8.58. The van der Waals surface area contributed by atoms with E-state index in [4.69, 9.17) is 22.0 Å². The Balaban J connectivity index is 3.38. The fourth-order valence-electron chi connectivity index (χ4n) is 1.22. The van der Waals surface area contributed by atoms with Crippen molar-refractivity contribution in [1.29, 1.82) is 5.26 Å². The van der Waals surface area contributed by atoms with Crippen molar-refractivity contribution in [3.63, 3.8) is 0 Å². The maximum atomic E-state index is 12.3. The monoisotopic (exact) mass is 295 g/mol. The number of alkyl halides is 4. The normalized spacial score (nSPS) is 11.1. The number of rotatable bonds is 3. The Labute approximate surface area is 109 Å². The van der Waals surface area contributed by atoms with Gasteiger partial charge in [0, 0.05) is 10.8 Å².